The molecule has 0 saturated heterocycles. The molecule has 0 bridgehead atoms. The van der Waals surface area contributed by atoms with Crippen molar-refractivity contribution < 1.29 is 28.6 Å². The number of allylic oxidation sites excluding steroid dienone is 4. The van der Waals surface area contributed by atoms with Gasteiger partial charge in [0.15, 0.2) is 6.10 Å². The molecular formula is C65H122O6. The molecule has 0 aliphatic rings. The van der Waals surface area contributed by atoms with Gasteiger partial charge in [-0.05, 0) is 44.9 Å². The Bertz CT molecular complexity index is 1150. The lowest BCUT2D eigenvalue weighted by molar-refractivity contribution is -0.167. The van der Waals surface area contributed by atoms with E-state index in [2.05, 4.69) is 45.1 Å². The van der Waals surface area contributed by atoms with E-state index >= 15 is 0 Å². The van der Waals surface area contributed by atoms with E-state index in [4.69, 9.17) is 14.2 Å². The summed E-state index contributed by atoms with van der Waals surface area (Å²) in [6.07, 6.45) is 71.9. The van der Waals surface area contributed by atoms with Crippen molar-refractivity contribution in [2.24, 2.45) is 0 Å². The summed E-state index contributed by atoms with van der Waals surface area (Å²) in [6.45, 7) is 6.64. The van der Waals surface area contributed by atoms with Crippen molar-refractivity contribution in [3.63, 3.8) is 0 Å². The molecule has 0 N–H and O–H groups in total. The van der Waals surface area contributed by atoms with Crippen LogP contribution in [0.25, 0.3) is 0 Å². The first-order chi connectivity index (χ1) is 35.0. The predicted octanol–water partition coefficient (Wildman–Crippen LogP) is 21.4. The summed E-state index contributed by atoms with van der Waals surface area (Å²) in [6, 6.07) is 0. The van der Waals surface area contributed by atoms with E-state index in [1.165, 1.54) is 231 Å². The number of ether oxygens (including phenoxy) is 3. The monoisotopic (exact) mass is 999 g/mol. The van der Waals surface area contributed by atoms with Gasteiger partial charge in [-0.2, -0.15) is 0 Å². The van der Waals surface area contributed by atoms with Crippen molar-refractivity contribution in [3.05, 3.63) is 24.3 Å². The Morgan fingerprint density at radius 1 is 0.282 bits per heavy atom. The van der Waals surface area contributed by atoms with E-state index < -0.39 is 6.10 Å². The van der Waals surface area contributed by atoms with Crippen LogP contribution in [0, 0.1) is 0 Å². The molecule has 0 radical (unpaired) electrons. The largest absolute Gasteiger partial charge is 0.462 e. The van der Waals surface area contributed by atoms with Gasteiger partial charge in [0, 0.05) is 19.3 Å². The van der Waals surface area contributed by atoms with E-state index in [0.29, 0.717) is 19.3 Å². The van der Waals surface area contributed by atoms with Gasteiger partial charge in [-0.1, -0.05) is 315 Å². The molecule has 0 aliphatic heterocycles. The zero-order chi connectivity index (χ0) is 51.4. The zero-order valence-corrected chi connectivity index (χ0v) is 48.0. The normalized spacial score (nSPS) is 12.1. The van der Waals surface area contributed by atoms with Gasteiger partial charge in [0.1, 0.15) is 13.2 Å². The molecule has 0 heterocycles. The first kappa shape index (κ1) is 68.9. The van der Waals surface area contributed by atoms with Gasteiger partial charge in [-0.25, -0.2) is 0 Å². The minimum atomic E-state index is -0.773. The average molecular weight is 1000 g/mol. The van der Waals surface area contributed by atoms with Crippen LogP contribution in [0.4, 0.5) is 0 Å². The number of hydrogen-bond acceptors (Lipinski definition) is 6. The van der Waals surface area contributed by atoms with Crippen LogP contribution < -0.4 is 0 Å². The predicted molar refractivity (Wildman–Crippen MR) is 307 cm³/mol. The second kappa shape index (κ2) is 60.4. The van der Waals surface area contributed by atoms with Gasteiger partial charge in [0.2, 0.25) is 0 Å². The molecule has 0 saturated carbocycles. The van der Waals surface area contributed by atoms with E-state index in [9.17, 15) is 14.4 Å². The van der Waals surface area contributed by atoms with Crippen molar-refractivity contribution in [1.29, 1.82) is 0 Å². The molecule has 71 heavy (non-hydrogen) atoms. The summed E-state index contributed by atoms with van der Waals surface area (Å²) in [7, 11) is 0. The second-order valence-electron chi connectivity index (χ2n) is 21.7. The highest BCUT2D eigenvalue weighted by atomic mass is 16.6. The molecule has 6 nitrogen and oxygen atoms in total. The number of hydrogen-bond donors (Lipinski definition) is 0. The van der Waals surface area contributed by atoms with Gasteiger partial charge >= 0.3 is 17.9 Å². The van der Waals surface area contributed by atoms with Crippen LogP contribution >= 0.6 is 0 Å². The Morgan fingerprint density at radius 3 is 0.831 bits per heavy atom. The number of esters is 3. The van der Waals surface area contributed by atoms with Crippen molar-refractivity contribution in [3.8, 4) is 0 Å². The third kappa shape index (κ3) is 58.7. The van der Waals surface area contributed by atoms with Crippen molar-refractivity contribution in [1.82, 2.24) is 0 Å². The van der Waals surface area contributed by atoms with Crippen LogP contribution in [0.15, 0.2) is 24.3 Å². The summed E-state index contributed by atoms with van der Waals surface area (Å²) in [4.78, 5) is 38.3. The second-order valence-corrected chi connectivity index (χ2v) is 21.7. The SMILES string of the molecule is CCC/C=C\C/C=C\CCCCCCCC(=O)OCC(COC(=O)CCCCCCCCCCCCCCCCCCCCCCC)OC(=O)CCCCCCCCCCCCCCCCCCCCC. The highest BCUT2D eigenvalue weighted by Crippen LogP contribution is 2.18. The Morgan fingerprint density at radius 2 is 0.535 bits per heavy atom. The molecule has 1 atom stereocenters. The quantitative estimate of drug-likeness (QED) is 0.0261. The molecule has 0 amide bonds. The molecule has 418 valence electrons. The minimum absolute atomic E-state index is 0.0697. The lowest BCUT2D eigenvalue weighted by Crippen LogP contribution is -2.30. The van der Waals surface area contributed by atoms with E-state index in [1.807, 2.05) is 0 Å². The maximum atomic E-state index is 12.9. The fourth-order valence-electron chi connectivity index (χ4n) is 9.66. The van der Waals surface area contributed by atoms with Crippen LogP contribution in [0.1, 0.15) is 355 Å². The lowest BCUT2D eigenvalue weighted by atomic mass is 10.0. The average Bonchev–Trinajstić information content (AvgIpc) is 3.37. The van der Waals surface area contributed by atoms with Crippen molar-refractivity contribution in [2.45, 2.75) is 361 Å². The highest BCUT2D eigenvalue weighted by Gasteiger charge is 2.19. The highest BCUT2D eigenvalue weighted by molar-refractivity contribution is 5.71. The summed E-state index contributed by atoms with van der Waals surface area (Å²) >= 11 is 0. The standard InChI is InChI=1S/C65H122O6/c1-4-7-10-13-16-19-22-25-27-29-31-32-34-35-37-40-43-46-49-52-55-58-64(67)70-61-62(60-69-63(66)57-54-51-48-45-42-39-24-21-18-15-12-9-6-3)71-65(68)59-56-53-50-47-44-41-38-36-33-30-28-26-23-20-17-14-11-8-5-2/h12,15,21,24,62H,4-11,13-14,16-20,22-23,25-61H2,1-3H3/b15-12-,24-21-. The molecule has 0 rings (SSSR count). The summed E-state index contributed by atoms with van der Waals surface area (Å²) in [5, 5.41) is 0. The molecule has 0 aromatic heterocycles. The van der Waals surface area contributed by atoms with E-state index in [-0.39, 0.29) is 31.1 Å². The van der Waals surface area contributed by atoms with E-state index in [1.54, 1.807) is 0 Å². The number of rotatable bonds is 59. The zero-order valence-electron chi connectivity index (χ0n) is 48.0. The maximum Gasteiger partial charge on any atom is 0.306 e. The van der Waals surface area contributed by atoms with Gasteiger partial charge in [0.05, 0.1) is 0 Å². The topological polar surface area (TPSA) is 78.9 Å². The Labute approximate surface area is 443 Å². The fourth-order valence-corrected chi connectivity index (χ4v) is 9.66. The maximum absolute atomic E-state index is 12.9. The smallest absolute Gasteiger partial charge is 0.306 e. The number of carbonyl (C=O) groups excluding carboxylic acids is 3. The minimum Gasteiger partial charge on any atom is -0.462 e. The molecule has 0 aliphatic carbocycles. The van der Waals surface area contributed by atoms with Gasteiger partial charge in [0.25, 0.3) is 0 Å². The Kier molecular flexibility index (Phi) is 58.6. The van der Waals surface area contributed by atoms with Crippen molar-refractivity contribution >= 4 is 17.9 Å². The first-order valence-corrected chi connectivity index (χ1v) is 31.8. The van der Waals surface area contributed by atoms with Crippen LogP contribution in [-0.2, 0) is 28.6 Å². The third-order valence-electron chi connectivity index (χ3n) is 14.4. The molecule has 1 unspecified atom stereocenters. The molecule has 6 heteroatoms. The molecular weight excluding hydrogens is 877 g/mol. The van der Waals surface area contributed by atoms with Crippen LogP contribution in [0.2, 0.25) is 0 Å². The van der Waals surface area contributed by atoms with Crippen LogP contribution in [0.5, 0.6) is 0 Å². The first-order valence-electron chi connectivity index (χ1n) is 31.8. The fraction of sp³-hybridized carbons (Fsp3) is 0.892. The molecule has 0 fully saturated rings. The van der Waals surface area contributed by atoms with E-state index in [0.717, 1.165) is 83.5 Å². The van der Waals surface area contributed by atoms with Crippen molar-refractivity contribution in [2.75, 3.05) is 13.2 Å². The summed E-state index contributed by atoms with van der Waals surface area (Å²) < 4.78 is 16.9. The summed E-state index contributed by atoms with van der Waals surface area (Å²) in [5.74, 6) is -0.857. The number of carbonyl (C=O) groups is 3. The van der Waals surface area contributed by atoms with Gasteiger partial charge < -0.3 is 14.2 Å². The molecule has 0 aromatic rings. The Balaban J connectivity index is 4.26. The molecule has 0 aromatic carbocycles. The van der Waals surface area contributed by atoms with Gasteiger partial charge in [-0.3, -0.25) is 14.4 Å². The van der Waals surface area contributed by atoms with Crippen LogP contribution in [0.3, 0.4) is 0 Å². The van der Waals surface area contributed by atoms with Gasteiger partial charge in [-0.15, -0.1) is 0 Å². The summed E-state index contributed by atoms with van der Waals surface area (Å²) in [5.41, 5.74) is 0. The van der Waals surface area contributed by atoms with Crippen LogP contribution in [-0.4, -0.2) is 37.2 Å². The molecule has 0 spiro atoms. The Hall–Kier alpha value is -2.11. The number of unbranched alkanes of at least 4 members (excludes halogenated alkanes) is 44. The lowest BCUT2D eigenvalue weighted by Gasteiger charge is -2.18. The third-order valence-corrected chi connectivity index (χ3v) is 14.4.